The van der Waals surface area contributed by atoms with Gasteiger partial charge in [-0.05, 0) is 51.4 Å². The molecule has 1 unspecified atom stereocenters. The molecular weight excluding hydrogens is 459 g/mol. The lowest BCUT2D eigenvalue weighted by Crippen LogP contribution is -2.39. The van der Waals surface area contributed by atoms with Crippen molar-refractivity contribution in [3.63, 3.8) is 0 Å². The molecule has 2 heterocycles. The van der Waals surface area contributed by atoms with E-state index in [1.807, 2.05) is 6.07 Å². The van der Waals surface area contributed by atoms with Gasteiger partial charge in [0.05, 0.1) is 32.1 Å². The molecule has 0 aliphatic carbocycles. The Kier molecular flexibility index (Phi) is 13.6. The summed E-state index contributed by atoms with van der Waals surface area (Å²) < 4.78 is 16.1. The maximum absolute atomic E-state index is 5.67. The second kappa shape index (κ2) is 15.1. The summed E-state index contributed by atoms with van der Waals surface area (Å²) in [6.45, 7) is 8.67. The highest BCUT2D eigenvalue weighted by Crippen LogP contribution is 2.25. The Morgan fingerprint density at radius 3 is 2.74 bits per heavy atom. The molecule has 2 rings (SSSR count). The minimum absolute atomic E-state index is 0. The minimum Gasteiger partial charge on any atom is -0.468 e. The van der Waals surface area contributed by atoms with E-state index in [-0.39, 0.29) is 30.0 Å². The molecule has 7 nitrogen and oxygen atoms in total. The summed E-state index contributed by atoms with van der Waals surface area (Å²) in [5.74, 6) is 1.85. The first-order chi connectivity index (χ1) is 12.8. The van der Waals surface area contributed by atoms with Crippen LogP contribution in [-0.2, 0) is 9.47 Å². The highest BCUT2D eigenvalue weighted by Gasteiger charge is 2.25. The number of hydrogen-bond acceptors (Lipinski definition) is 5. The molecule has 0 bridgehead atoms. The fraction of sp³-hybridized carbons (Fsp3) is 0.737. The van der Waals surface area contributed by atoms with Crippen LogP contribution in [0.1, 0.15) is 38.0 Å². The first-order valence-electron chi connectivity index (χ1n) is 9.71. The molecule has 2 N–H and O–H groups in total. The van der Waals surface area contributed by atoms with E-state index in [9.17, 15) is 0 Å². The number of likely N-dealkylation sites (tertiary alicyclic amines) is 1. The third-order valence-electron chi connectivity index (χ3n) is 4.41. The van der Waals surface area contributed by atoms with Crippen molar-refractivity contribution in [1.29, 1.82) is 0 Å². The van der Waals surface area contributed by atoms with Crippen LogP contribution in [0.3, 0.4) is 0 Å². The van der Waals surface area contributed by atoms with Crippen molar-refractivity contribution in [3.05, 3.63) is 24.2 Å². The lowest BCUT2D eigenvalue weighted by molar-refractivity contribution is 0.0698. The van der Waals surface area contributed by atoms with E-state index in [0.717, 1.165) is 50.9 Å². The third kappa shape index (κ3) is 9.27. The second-order valence-corrected chi connectivity index (χ2v) is 6.38. The number of aliphatic imine (C=N–C) groups is 1. The number of guanidine groups is 1. The van der Waals surface area contributed by atoms with Crippen LogP contribution < -0.4 is 10.6 Å². The monoisotopic (exact) mass is 494 g/mol. The van der Waals surface area contributed by atoms with Gasteiger partial charge in [0.25, 0.3) is 0 Å². The molecule has 1 aliphatic rings. The SMILES string of the molecule is CCNC(=NCC(c1ccco1)N1CCCC1)NCCCOCCOC.I. The molecule has 1 atom stereocenters. The van der Waals surface area contributed by atoms with Crippen LogP contribution in [0.2, 0.25) is 0 Å². The van der Waals surface area contributed by atoms with E-state index >= 15 is 0 Å². The first-order valence-corrected chi connectivity index (χ1v) is 9.71. The quantitative estimate of drug-likeness (QED) is 0.202. The Morgan fingerprint density at radius 1 is 1.26 bits per heavy atom. The summed E-state index contributed by atoms with van der Waals surface area (Å²) in [5, 5.41) is 6.70. The highest BCUT2D eigenvalue weighted by atomic mass is 127. The molecule has 8 heteroatoms. The fourth-order valence-corrected chi connectivity index (χ4v) is 3.06. The average Bonchev–Trinajstić information content (AvgIpc) is 3.35. The van der Waals surface area contributed by atoms with Gasteiger partial charge in [-0.2, -0.15) is 0 Å². The number of nitrogens with zero attached hydrogens (tertiary/aromatic N) is 2. The van der Waals surface area contributed by atoms with Gasteiger partial charge in [0, 0.05) is 26.8 Å². The number of nitrogens with one attached hydrogen (secondary N) is 2. The van der Waals surface area contributed by atoms with Crippen LogP contribution in [0, 0.1) is 0 Å². The van der Waals surface area contributed by atoms with E-state index in [4.69, 9.17) is 18.9 Å². The predicted molar refractivity (Wildman–Crippen MR) is 119 cm³/mol. The fourth-order valence-electron chi connectivity index (χ4n) is 3.06. The van der Waals surface area contributed by atoms with Crippen molar-refractivity contribution in [3.8, 4) is 0 Å². The van der Waals surface area contributed by atoms with E-state index < -0.39 is 0 Å². The normalized spacial score (nSPS) is 16.1. The number of furan rings is 1. The van der Waals surface area contributed by atoms with Crippen molar-refractivity contribution < 1.29 is 13.9 Å². The number of methoxy groups -OCH3 is 1. The van der Waals surface area contributed by atoms with Gasteiger partial charge < -0.3 is 24.5 Å². The Morgan fingerprint density at radius 2 is 2.07 bits per heavy atom. The molecule has 1 fully saturated rings. The summed E-state index contributed by atoms with van der Waals surface area (Å²) in [4.78, 5) is 7.26. The van der Waals surface area contributed by atoms with Gasteiger partial charge in [0.1, 0.15) is 5.76 Å². The topological polar surface area (TPSA) is 71.3 Å². The molecular formula is C19H35IN4O3. The molecule has 0 amide bonds. The zero-order valence-electron chi connectivity index (χ0n) is 16.6. The van der Waals surface area contributed by atoms with Gasteiger partial charge in [-0.1, -0.05) is 0 Å². The van der Waals surface area contributed by atoms with Crippen molar-refractivity contribution >= 4 is 29.9 Å². The van der Waals surface area contributed by atoms with E-state index in [0.29, 0.717) is 19.8 Å². The molecule has 1 saturated heterocycles. The summed E-state index contributed by atoms with van der Waals surface area (Å²) in [6.07, 6.45) is 5.18. The van der Waals surface area contributed by atoms with Crippen molar-refractivity contribution in [2.75, 3.05) is 59.7 Å². The second-order valence-electron chi connectivity index (χ2n) is 6.38. The molecule has 1 aliphatic heterocycles. The third-order valence-corrected chi connectivity index (χ3v) is 4.41. The van der Waals surface area contributed by atoms with Crippen LogP contribution in [0.5, 0.6) is 0 Å². The molecule has 1 aromatic heterocycles. The molecule has 0 saturated carbocycles. The summed E-state index contributed by atoms with van der Waals surface area (Å²) in [5.41, 5.74) is 0. The van der Waals surface area contributed by atoms with E-state index in [2.05, 4.69) is 28.5 Å². The van der Waals surface area contributed by atoms with Gasteiger partial charge in [-0.25, -0.2) is 0 Å². The van der Waals surface area contributed by atoms with Gasteiger partial charge in [0.15, 0.2) is 5.96 Å². The summed E-state index contributed by atoms with van der Waals surface area (Å²) >= 11 is 0. The van der Waals surface area contributed by atoms with Crippen LogP contribution in [0.25, 0.3) is 0 Å². The highest BCUT2D eigenvalue weighted by molar-refractivity contribution is 14.0. The maximum atomic E-state index is 5.67. The zero-order chi connectivity index (χ0) is 18.5. The van der Waals surface area contributed by atoms with Crippen molar-refractivity contribution in [1.82, 2.24) is 15.5 Å². The van der Waals surface area contributed by atoms with Gasteiger partial charge in [-0.15, -0.1) is 24.0 Å². The lowest BCUT2D eigenvalue weighted by Gasteiger charge is -2.24. The van der Waals surface area contributed by atoms with E-state index in [1.54, 1.807) is 13.4 Å². The van der Waals surface area contributed by atoms with Crippen molar-refractivity contribution in [2.45, 2.75) is 32.2 Å². The molecule has 27 heavy (non-hydrogen) atoms. The lowest BCUT2D eigenvalue weighted by atomic mass is 10.2. The van der Waals surface area contributed by atoms with Crippen LogP contribution in [-0.4, -0.2) is 70.5 Å². The van der Waals surface area contributed by atoms with E-state index in [1.165, 1.54) is 12.8 Å². The van der Waals surface area contributed by atoms with Gasteiger partial charge in [-0.3, -0.25) is 9.89 Å². The van der Waals surface area contributed by atoms with Gasteiger partial charge in [0.2, 0.25) is 0 Å². The number of ether oxygens (including phenoxy) is 2. The Balaban J connectivity index is 0.00000364. The molecule has 0 spiro atoms. The molecule has 0 aromatic carbocycles. The van der Waals surface area contributed by atoms with Crippen molar-refractivity contribution in [2.24, 2.45) is 4.99 Å². The minimum atomic E-state index is 0. The Hall–Kier alpha value is -0.840. The summed E-state index contributed by atoms with van der Waals surface area (Å²) in [7, 11) is 1.68. The largest absolute Gasteiger partial charge is 0.468 e. The number of hydrogen-bond donors (Lipinski definition) is 2. The smallest absolute Gasteiger partial charge is 0.191 e. The Labute approximate surface area is 180 Å². The predicted octanol–water partition coefficient (Wildman–Crippen LogP) is 2.64. The van der Waals surface area contributed by atoms with Crippen LogP contribution in [0.4, 0.5) is 0 Å². The molecule has 0 radical (unpaired) electrons. The van der Waals surface area contributed by atoms with Crippen LogP contribution in [0.15, 0.2) is 27.8 Å². The number of rotatable bonds is 12. The average molecular weight is 494 g/mol. The molecule has 156 valence electrons. The maximum Gasteiger partial charge on any atom is 0.191 e. The van der Waals surface area contributed by atoms with Gasteiger partial charge >= 0.3 is 0 Å². The first kappa shape index (κ1) is 24.2. The van der Waals surface area contributed by atoms with Crippen LogP contribution >= 0.6 is 24.0 Å². The summed E-state index contributed by atoms with van der Waals surface area (Å²) in [6, 6.07) is 4.21. The standard InChI is InChI=1S/C19H34N4O3.HI/c1-3-20-19(21-9-7-12-25-15-14-24-2)22-16-17(18-8-6-13-26-18)23-10-4-5-11-23;/h6,8,13,17H,3-5,7,9-12,14-16H2,1-2H3,(H2,20,21,22);1H. The molecule has 1 aromatic rings. The zero-order valence-corrected chi connectivity index (χ0v) is 18.9. The number of halogens is 1. The Bertz CT molecular complexity index is 493.